The lowest BCUT2D eigenvalue weighted by atomic mass is 9.69. The molecular weight excluding hydrogens is 721 g/mol. The van der Waals surface area contributed by atoms with Gasteiger partial charge in [0, 0.05) is 0 Å². The van der Waals surface area contributed by atoms with E-state index in [1.165, 1.54) is 143 Å². The van der Waals surface area contributed by atoms with Crippen LogP contribution in [0.1, 0.15) is 55.6 Å². The normalized spacial score (nSPS) is 18.3. The molecule has 0 bridgehead atoms. The van der Waals surface area contributed by atoms with Crippen molar-refractivity contribution < 1.29 is 0 Å². The van der Waals surface area contributed by atoms with Crippen LogP contribution in [-0.4, -0.2) is 0 Å². The van der Waals surface area contributed by atoms with Crippen molar-refractivity contribution in [3.05, 3.63) is 238 Å². The summed E-state index contributed by atoms with van der Waals surface area (Å²) in [5, 5.41) is 10.8. The Morgan fingerprint density at radius 1 is 0.250 bits per heavy atom. The van der Waals surface area contributed by atoms with Gasteiger partial charge in [-0.15, -0.1) is 0 Å². The van der Waals surface area contributed by atoms with Gasteiger partial charge in [-0.25, -0.2) is 0 Å². The summed E-state index contributed by atoms with van der Waals surface area (Å²) in [6.07, 6.45) is 0. The lowest BCUT2D eigenvalue weighted by Gasteiger charge is -2.32. The fourth-order valence-electron chi connectivity index (χ4n) is 13.3. The minimum atomic E-state index is -0.413. The van der Waals surface area contributed by atoms with Crippen LogP contribution in [0.3, 0.4) is 0 Å². The highest BCUT2D eigenvalue weighted by Crippen LogP contribution is 2.67. The van der Waals surface area contributed by atoms with E-state index in [1.807, 2.05) is 0 Å². The molecule has 0 radical (unpaired) electrons. The molecule has 0 aliphatic heterocycles. The highest BCUT2D eigenvalue weighted by atomic mass is 14.5. The minimum absolute atomic E-state index is 0.413. The lowest BCUT2D eigenvalue weighted by molar-refractivity contribution is 0.794. The van der Waals surface area contributed by atoms with E-state index in [1.54, 1.807) is 0 Å². The number of aryl methyl sites for hydroxylation is 2. The molecule has 0 nitrogen and oxygen atoms in total. The second-order valence-electron chi connectivity index (χ2n) is 17.9. The topological polar surface area (TPSA) is 0 Å². The molecule has 2 unspecified atom stereocenters. The van der Waals surface area contributed by atoms with Crippen molar-refractivity contribution in [2.24, 2.45) is 0 Å². The summed E-state index contributed by atoms with van der Waals surface area (Å²) in [5.74, 6) is 0. The van der Waals surface area contributed by atoms with Crippen molar-refractivity contribution in [2.45, 2.75) is 24.7 Å². The van der Waals surface area contributed by atoms with E-state index in [-0.39, 0.29) is 0 Å². The molecule has 0 heteroatoms. The van der Waals surface area contributed by atoms with Gasteiger partial charge in [0.25, 0.3) is 0 Å². The highest BCUT2D eigenvalue weighted by Gasteiger charge is 2.54. The molecule has 0 saturated heterocycles. The molecule has 4 aliphatic rings. The van der Waals surface area contributed by atoms with Crippen LogP contribution in [0.15, 0.2) is 182 Å². The Morgan fingerprint density at radius 3 is 1.03 bits per heavy atom. The number of fused-ring (bicyclic) bond motifs is 24. The smallest absolute Gasteiger partial charge is 0.0619 e. The van der Waals surface area contributed by atoms with Crippen LogP contribution in [0, 0.1) is 13.8 Å². The summed E-state index contributed by atoms with van der Waals surface area (Å²) in [6.45, 7) is 4.49. The van der Waals surface area contributed by atoms with Gasteiger partial charge in [-0.2, -0.15) is 0 Å². The van der Waals surface area contributed by atoms with Crippen molar-refractivity contribution in [3.8, 4) is 44.5 Å². The summed E-state index contributed by atoms with van der Waals surface area (Å²) in [7, 11) is 0. The van der Waals surface area contributed by atoms with Crippen molar-refractivity contribution in [3.63, 3.8) is 0 Å². The summed E-state index contributed by atoms with van der Waals surface area (Å²) in [5.41, 5.74) is 23.8. The summed E-state index contributed by atoms with van der Waals surface area (Å²) in [4.78, 5) is 0. The second-order valence-corrected chi connectivity index (χ2v) is 17.9. The molecule has 4 aliphatic carbocycles. The Hall–Kier alpha value is -7.28. The van der Waals surface area contributed by atoms with Gasteiger partial charge in [-0.3, -0.25) is 0 Å². The van der Waals surface area contributed by atoms with E-state index in [9.17, 15) is 0 Å². The van der Waals surface area contributed by atoms with Crippen molar-refractivity contribution in [1.82, 2.24) is 0 Å². The van der Waals surface area contributed by atoms with Crippen molar-refractivity contribution >= 4 is 43.1 Å². The van der Waals surface area contributed by atoms with Gasteiger partial charge in [0.1, 0.15) is 0 Å². The predicted octanol–water partition coefficient (Wildman–Crippen LogP) is 15.0. The summed E-state index contributed by atoms with van der Waals surface area (Å²) >= 11 is 0. The van der Waals surface area contributed by atoms with E-state index in [0.717, 1.165) is 0 Å². The molecule has 276 valence electrons. The number of benzene rings is 11. The fraction of sp³-hybridized carbons (Fsp3) is 0.0667. The Morgan fingerprint density at radius 2 is 0.600 bits per heavy atom. The molecule has 2 atom stereocenters. The monoisotopic (exact) mass is 756 g/mol. The first-order valence-corrected chi connectivity index (χ1v) is 21.4. The van der Waals surface area contributed by atoms with Crippen LogP contribution in [0.5, 0.6) is 0 Å². The molecule has 11 aromatic rings. The molecule has 15 rings (SSSR count). The molecule has 2 spiro atoms. The van der Waals surface area contributed by atoms with Gasteiger partial charge in [-0.05, 0) is 158 Å². The van der Waals surface area contributed by atoms with E-state index in [4.69, 9.17) is 0 Å². The number of rotatable bonds is 0. The molecular formula is C60H36. The van der Waals surface area contributed by atoms with E-state index in [0.29, 0.717) is 0 Å². The zero-order chi connectivity index (χ0) is 39.2. The Bertz CT molecular complexity index is 3550. The van der Waals surface area contributed by atoms with Crippen LogP contribution >= 0.6 is 0 Å². The van der Waals surface area contributed by atoms with Crippen LogP contribution in [0.2, 0.25) is 0 Å². The predicted molar refractivity (Wildman–Crippen MR) is 250 cm³/mol. The molecule has 11 aromatic carbocycles. The quantitative estimate of drug-likeness (QED) is 0.107. The van der Waals surface area contributed by atoms with Gasteiger partial charge in [0.15, 0.2) is 0 Å². The Labute approximate surface area is 348 Å². The molecule has 0 heterocycles. The molecule has 0 N–H and O–H groups in total. The maximum absolute atomic E-state index is 2.63. The van der Waals surface area contributed by atoms with E-state index in [2.05, 4.69) is 196 Å². The van der Waals surface area contributed by atoms with Crippen molar-refractivity contribution in [1.29, 1.82) is 0 Å². The van der Waals surface area contributed by atoms with Gasteiger partial charge >= 0.3 is 0 Å². The zero-order valence-electron chi connectivity index (χ0n) is 33.3. The lowest BCUT2D eigenvalue weighted by Crippen LogP contribution is -2.26. The fourth-order valence-corrected chi connectivity index (χ4v) is 13.3. The average Bonchev–Trinajstić information content (AvgIpc) is 3.96. The van der Waals surface area contributed by atoms with Gasteiger partial charge < -0.3 is 0 Å². The highest BCUT2D eigenvalue weighted by molar-refractivity contribution is 6.36. The standard InChI is InChI=1S/C60H36/c1-33-25-27-37-35-13-3-7-21-47(35)59(51(37)29-33)49-23-9-5-15-41(49)57-43-19-11-18-40-46-32-54-58(44-20-12-17-39(56(44)46)45(55(40)43)31-53(57)59)42-16-6-10-24-50(42)60(54)48-22-8-4-14-36(48)38-28-26-34(2)30-52(38)60/h3-32H,1-2H3. The number of hydrogen-bond acceptors (Lipinski definition) is 0. The summed E-state index contributed by atoms with van der Waals surface area (Å²) < 4.78 is 0. The number of hydrogen-bond donors (Lipinski definition) is 0. The third-order valence-corrected chi connectivity index (χ3v) is 15.3. The molecule has 0 fully saturated rings. The Kier molecular flexibility index (Phi) is 5.53. The van der Waals surface area contributed by atoms with Crippen LogP contribution in [0.25, 0.3) is 87.6 Å². The Balaban J connectivity index is 1.14. The summed E-state index contributed by atoms with van der Waals surface area (Å²) in [6, 6.07) is 70.8. The van der Waals surface area contributed by atoms with Crippen LogP contribution in [0.4, 0.5) is 0 Å². The largest absolute Gasteiger partial charge is 0.0726 e. The van der Waals surface area contributed by atoms with Crippen LogP contribution in [-0.2, 0) is 10.8 Å². The zero-order valence-corrected chi connectivity index (χ0v) is 33.3. The molecule has 0 aromatic heterocycles. The van der Waals surface area contributed by atoms with E-state index >= 15 is 0 Å². The van der Waals surface area contributed by atoms with Crippen molar-refractivity contribution in [2.75, 3.05) is 0 Å². The first-order chi connectivity index (χ1) is 29.6. The minimum Gasteiger partial charge on any atom is -0.0619 e. The third-order valence-electron chi connectivity index (χ3n) is 15.3. The SMILES string of the molecule is Cc1ccc2c(c1)C1(c3ccccc3-2)c2ccccc2-c2c1cc1c3cccc4c5c(cc(c6cccc2c61)c43)C1(c2ccccc2-c2ccc(C)cc21)c1ccccc1-5. The van der Waals surface area contributed by atoms with Gasteiger partial charge in [0.2, 0.25) is 0 Å². The molecule has 60 heavy (non-hydrogen) atoms. The first kappa shape index (κ1) is 31.7. The average molecular weight is 757 g/mol. The molecule has 0 amide bonds. The third kappa shape index (κ3) is 3.31. The van der Waals surface area contributed by atoms with Gasteiger partial charge in [0.05, 0.1) is 10.8 Å². The first-order valence-electron chi connectivity index (χ1n) is 21.4. The maximum atomic E-state index is 2.63. The van der Waals surface area contributed by atoms with Crippen LogP contribution < -0.4 is 0 Å². The van der Waals surface area contributed by atoms with E-state index < -0.39 is 10.8 Å². The molecule has 0 saturated carbocycles. The maximum Gasteiger partial charge on any atom is 0.0726 e. The van der Waals surface area contributed by atoms with Gasteiger partial charge in [-0.1, -0.05) is 181 Å². The second kappa shape index (κ2) is 10.5.